The Morgan fingerprint density at radius 1 is 1.32 bits per heavy atom. The van der Waals surface area contributed by atoms with Crippen LogP contribution in [0.25, 0.3) is 10.9 Å². The monoisotopic (exact) mass is 328 g/mol. The largest absolute Gasteiger partial charge is 0.383 e. The Morgan fingerprint density at radius 3 is 2.91 bits per heavy atom. The number of thiazole rings is 1. The highest BCUT2D eigenvalue weighted by Crippen LogP contribution is 2.28. The van der Waals surface area contributed by atoms with Gasteiger partial charge < -0.3 is 5.32 Å². The van der Waals surface area contributed by atoms with Crippen LogP contribution in [-0.4, -0.2) is 16.5 Å². The van der Waals surface area contributed by atoms with Gasteiger partial charge in [0.2, 0.25) is 0 Å². The molecule has 0 radical (unpaired) electrons. The number of nitrogens with zero attached hydrogens (tertiary/aromatic N) is 3. The smallest absolute Gasteiger partial charge is 0.103 e. The van der Waals surface area contributed by atoms with Crippen molar-refractivity contribution in [1.29, 1.82) is 5.26 Å². The maximum Gasteiger partial charge on any atom is 0.103 e. The summed E-state index contributed by atoms with van der Waals surface area (Å²) in [6, 6.07) is 7.66. The fraction of sp³-hybridized carbons (Fsp3) is 0.188. The van der Waals surface area contributed by atoms with Gasteiger partial charge in [0, 0.05) is 40.6 Å². The number of halogens is 1. The van der Waals surface area contributed by atoms with Crippen LogP contribution in [0.5, 0.6) is 0 Å². The molecular weight excluding hydrogens is 316 g/mol. The molecule has 0 aliphatic heterocycles. The summed E-state index contributed by atoms with van der Waals surface area (Å²) in [5, 5.41) is 15.2. The van der Waals surface area contributed by atoms with E-state index in [1.54, 1.807) is 23.6 Å². The maximum absolute atomic E-state index is 9.29. The van der Waals surface area contributed by atoms with Crippen molar-refractivity contribution in [2.24, 2.45) is 0 Å². The molecule has 0 aliphatic carbocycles. The maximum atomic E-state index is 9.29. The second-order valence-electron chi connectivity index (χ2n) is 4.86. The summed E-state index contributed by atoms with van der Waals surface area (Å²) in [6.07, 6.45) is 4.28. The lowest BCUT2D eigenvalue weighted by molar-refractivity contribution is 0.998. The van der Waals surface area contributed by atoms with Gasteiger partial charge in [-0.05, 0) is 25.1 Å². The zero-order chi connectivity index (χ0) is 15.5. The Labute approximate surface area is 137 Å². The number of pyridine rings is 1. The van der Waals surface area contributed by atoms with Gasteiger partial charge in [-0.1, -0.05) is 11.6 Å². The van der Waals surface area contributed by atoms with Crippen molar-refractivity contribution in [3.05, 3.63) is 51.1 Å². The molecular formula is C16H13ClN4S. The highest BCUT2D eigenvalue weighted by molar-refractivity contribution is 7.11. The van der Waals surface area contributed by atoms with E-state index in [9.17, 15) is 5.26 Å². The Kier molecular flexibility index (Phi) is 4.23. The van der Waals surface area contributed by atoms with Gasteiger partial charge in [0.1, 0.15) is 6.07 Å². The first kappa shape index (κ1) is 14.8. The van der Waals surface area contributed by atoms with Gasteiger partial charge in [0.25, 0.3) is 0 Å². The van der Waals surface area contributed by atoms with E-state index in [0.29, 0.717) is 17.1 Å². The third-order valence-electron chi connectivity index (χ3n) is 3.26. The molecule has 0 saturated carbocycles. The molecule has 0 saturated heterocycles. The number of anilines is 1. The summed E-state index contributed by atoms with van der Waals surface area (Å²) >= 11 is 7.76. The lowest BCUT2D eigenvalue weighted by atomic mass is 10.1. The molecule has 110 valence electrons. The Balaban J connectivity index is 1.88. The molecule has 0 aliphatic rings. The average molecular weight is 329 g/mol. The summed E-state index contributed by atoms with van der Waals surface area (Å²) in [5.74, 6) is 0. The van der Waals surface area contributed by atoms with E-state index in [-0.39, 0.29) is 0 Å². The summed E-state index contributed by atoms with van der Waals surface area (Å²) in [7, 11) is 0. The van der Waals surface area contributed by atoms with Crippen LogP contribution < -0.4 is 5.32 Å². The fourth-order valence-electron chi connectivity index (χ4n) is 2.25. The number of aromatic nitrogens is 2. The van der Waals surface area contributed by atoms with Crippen molar-refractivity contribution < 1.29 is 0 Å². The van der Waals surface area contributed by atoms with Crippen molar-refractivity contribution in [3.8, 4) is 6.07 Å². The average Bonchev–Trinajstić information content (AvgIpc) is 2.93. The Bertz CT molecular complexity index is 866. The van der Waals surface area contributed by atoms with Crippen molar-refractivity contribution in [1.82, 2.24) is 9.97 Å². The highest BCUT2D eigenvalue weighted by atomic mass is 35.5. The lowest BCUT2D eigenvalue weighted by Crippen LogP contribution is -2.07. The van der Waals surface area contributed by atoms with E-state index >= 15 is 0 Å². The number of nitriles is 1. The molecule has 6 heteroatoms. The number of benzene rings is 1. The van der Waals surface area contributed by atoms with Crippen LogP contribution in [0.3, 0.4) is 0 Å². The van der Waals surface area contributed by atoms with Gasteiger partial charge in [-0.15, -0.1) is 11.3 Å². The van der Waals surface area contributed by atoms with Gasteiger partial charge in [-0.25, -0.2) is 4.98 Å². The molecule has 4 nitrogen and oxygen atoms in total. The minimum atomic E-state index is 0.519. The van der Waals surface area contributed by atoms with E-state index in [4.69, 9.17) is 11.6 Å². The van der Waals surface area contributed by atoms with Gasteiger partial charge in [0.05, 0.1) is 21.8 Å². The van der Waals surface area contributed by atoms with Gasteiger partial charge in [0.15, 0.2) is 0 Å². The minimum Gasteiger partial charge on any atom is -0.383 e. The van der Waals surface area contributed by atoms with Crippen LogP contribution in [0.1, 0.15) is 15.4 Å². The number of hydrogen-bond acceptors (Lipinski definition) is 5. The molecule has 0 fully saturated rings. The fourth-order valence-corrected chi connectivity index (χ4v) is 3.21. The molecule has 0 unspecified atom stereocenters. The highest BCUT2D eigenvalue weighted by Gasteiger charge is 2.09. The molecule has 1 aromatic carbocycles. The number of aryl methyl sites for hydroxylation is 1. The summed E-state index contributed by atoms with van der Waals surface area (Å²) in [6.45, 7) is 2.74. The molecule has 0 atom stereocenters. The molecule has 3 rings (SSSR count). The lowest BCUT2D eigenvalue weighted by Gasteiger charge is -2.11. The topological polar surface area (TPSA) is 61.6 Å². The quantitative estimate of drug-likeness (QED) is 0.780. The van der Waals surface area contributed by atoms with Gasteiger partial charge >= 0.3 is 0 Å². The molecule has 2 aromatic heterocycles. The van der Waals surface area contributed by atoms with E-state index in [1.807, 2.05) is 25.3 Å². The zero-order valence-electron chi connectivity index (χ0n) is 11.9. The number of rotatable bonds is 4. The normalized spacial score (nSPS) is 10.6. The number of nitrogens with one attached hydrogen (secondary N) is 1. The second kappa shape index (κ2) is 6.30. The number of hydrogen-bond donors (Lipinski definition) is 1. The van der Waals surface area contributed by atoms with Crippen LogP contribution in [0.15, 0.2) is 30.6 Å². The molecule has 0 bridgehead atoms. The van der Waals surface area contributed by atoms with Crippen LogP contribution in [0, 0.1) is 18.3 Å². The minimum absolute atomic E-state index is 0.519. The molecule has 22 heavy (non-hydrogen) atoms. The van der Waals surface area contributed by atoms with Gasteiger partial charge in [-0.3, -0.25) is 4.98 Å². The van der Waals surface area contributed by atoms with Crippen LogP contribution in [0.2, 0.25) is 5.02 Å². The molecule has 1 N–H and O–H groups in total. The van der Waals surface area contributed by atoms with E-state index in [1.165, 1.54) is 4.88 Å². The Morgan fingerprint density at radius 2 is 2.18 bits per heavy atom. The summed E-state index contributed by atoms with van der Waals surface area (Å²) in [5.41, 5.74) is 2.12. The summed E-state index contributed by atoms with van der Waals surface area (Å²) < 4.78 is 0. The van der Waals surface area contributed by atoms with Crippen LogP contribution in [-0.2, 0) is 6.42 Å². The van der Waals surface area contributed by atoms with Crippen LogP contribution >= 0.6 is 22.9 Å². The first-order valence-corrected chi connectivity index (χ1v) is 8.00. The molecule has 0 amide bonds. The van der Waals surface area contributed by atoms with E-state index in [2.05, 4.69) is 21.4 Å². The third-order valence-corrected chi connectivity index (χ3v) is 4.47. The first-order chi connectivity index (χ1) is 10.7. The van der Waals surface area contributed by atoms with E-state index < -0.39 is 0 Å². The van der Waals surface area contributed by atoms with Crippen LogP contribution in [0.4, 0.5) is 5.69 Å². The van der Waals surface area contributed by atoms with E-state index in [0.717, 1.165) is 28.0 Å². The van der Waals surface area contributed by atoms with Crippen molar-refractivity contribution >= 4 is 39.5 Å². The van der Waals surface area contributed by atoms with Gasteiger partial charge in [-0.2, -0.15) is 5.26 Å². The summed E-state index contributed by atoms with van der Waals surface area (Å²) in [4.78, 5) is 9.84. The predicted molar refractivity (Wildman–Crippen MR) is 90.5 cm³/mol. The molecule has 2 heterocycles. The third kappa shape index (κ3) is 3.03. The Hall–Kier alpha value is -2.16. The SMILES string of the molecule is Cc1cnc(CCNc2c(C#N)cnc3ccc(Cl)cc23)s1. The second-order valence-corrected chi connectivity index (χ2v) is 6.62. The van der Waals surface area contributed by atoms with Crippen molar-refractivity contribution in [2.75, 3.05) is 11.9 Å². The van der Waals surface area contributed by atoms with Crippen molar-refractivity contribution in [2.45, 2.75) is 13.3 Å². The first-order valence-electron chi connectivity index (χ1n) is 6.81. The molecule has 3 aromatic rings. The zero-order valence-corrected chi connectivity index (χ0v) is 13.5. The molecule has 0 spiro atoms. The van der Waals surface area contributed by atoms with Crippen molar-refractivity contribution in [3.63, 3.8) is 0 Å². The standard InChI is InChI=1S/C16H13ClN4S/c1-10-8-21-15(22-10)4-5-19-16-11(7-18)9-20-14-3-2-12(17)6-13(14)16/h2-3,6,8-9H,4-5H2,1H3,(H,19,20). The number of fused-ring (bicyclic) bond motifs is 1. The predicted octanol–water partition coefficient (Wildman–Crippen LogP) is 4.18.